The van der Waals surface area contributed by atoms with Crippen molar-refractivity contribution in [1.29, 1.82) is 0 Å². The van der Waals surface area contributed by atoms with Gasteiger partial charge in [-0.2, -0.15) is 8.78 Å². The molecule has 1 aromatic carbocycles. The summed E-state index contributed by atoms with van der Waals surface area (Å²) in [5, 5.41) is 0. The lowest BCUT2D eigenvalue weighted by molar-refractivity contribution is -0.139. The number of halogens is 3. The molecule has 0 unspecified atom stereocenters. The average molecular weight is 279 g/mol. The van der Waals surface area contributed by atoms with E-state index >= 15 is 0 Å². The second-order valence-corrected chi connectivity index (χ2v) is 3.87. The largest absolute Gasteiger partial charge is 0.469 e. The Hall–Kier alpha value is -1.36. The highest BCUT2D eigenvalue weighted by atomic mass is 35.5. The smallest absolute Gasteiger partial charge is 0.387 e. The molecule has 18 heavy (non-hydrogen) atoms. The fraction of sp³-hybridized carbons (Fsp3) is 0.417. The van der Waals surface area contributed by atoms with Gasteiger partial charge in [0.15, 0.2) is 0 Å². The number of methoxy groups -OCH3 is 1. The van der Waals surface area contributed by atoms with E-state index in [1.165, 1.54) is 13.2 Å². The van der Waals surface area contributed by atoms with Gasteiger partial charge in [-0.1, -0.05) is 6.07 Å². The molecule has 1 rings (SSSR count). The second-order valence-electron chi connectivity index (χ2n) is 3.60. The number of alkyl halides is 3. The molecule has 100 valence electrons. The first kappa shape index (κ1) is 14.7. The highest BCUT2D eigenvalue weighted by Crippen LogP contribution is 2.29. The van der Waals surface area contributed by atoms with Gasteiger partial charge in [0, 0.05) is 11.4 Å². The monoisotopic (exact) mass is 278 g/mol. The summed E-state index contributed by atoms with van der Waals surface area (Å²) in [6.07, 6.45) is -0.151. The molecule has 0 fully saturated rings. The van der Waals surface area contributed by atoms with Crippen molar-refractivity contribution in [3.63, 3.8) is 0 Å². The van der Waals surface area contributed by atoms with Crippen LogP contribution in [0.3, 0.4) is 0 Å². The highest BCUT2D eigenvalue weighted by molar-refractivity contribution is 6.17. The predicted molar refractivity (Wildman–Crippen MR) is 63.1 cm³/mol. The van der Waals surface area contributed by atoms with E-state index in [0.717, 1.165) is 5.56 Å². The quantitative estimate of drug-likeness (QED) is 0.613. The van der Waals surface area contributed by atoms with Crippen LogP contribution >= 0.6 is 11.6 Å². The maximum absolute atomic E-state index is 12.3. The topological polar surface area (TPSA) is 35.5 Å². The summed E-state index contributed by atoms with van der Waals surface area (Å²) in [7, 11) is 1.23. The molecule has 0 heterocycles. The Bertz CT molecular complexity index is 436. The number of benzene rings is 1. The normalized spacial score (nSPS) is 10.6. The molecule has 0 aliphatic rings. The number of hydrogen-bond donors (Lipinski definition) is 0. The van der Waals surface area contributed by atoms with Crippen LogP contribution in [-0.2, 0) is 21.8 Å². The van der Waals surface area contributed by atoms with Crippen molar-refractivity contribution in [2.75, 3.05) is 7.11 Å². The minimum Gasteiger partial charge on any atom is -0.469 e. The van der Waals surface area contributed by atoms with Crippen molar-refractivity contribution < 1.29 is 23.0 Å². The molecule has 0 radical (unpaired) electrons. The zero-order valence-electron chi connectivity index (χ0n) is 10.0. The third-order valence-corrected chi connectivity index (χ3v) is 2.79. The Morgan fingerprint density at radius 1 is 1.39 bits per heavy atom. The Balaban J connectivity index is 3.20. The number of rotatable bonds is 5. The first-order valence-electron chi connectivity index (χ1n) is 5.18. The van der Waals surface area contributed by atoms with Crippen molar-refractivity contribution in [3.05, 3.63) is 28.8 Å². The van der Waals surface area contributed by atoms with E-state index in [2.05, 4.69) is 9.47 Å². The highest BCUT2D eigenvalue weighted by Gasteiger charge is 2.18. The lowest BCUT2D eigenvalue weighted by Crippen LogP contribution is -2.12. The molecule has 6 heteroatoms. The van der Waals surface area contributed by atoms with Gasteiger partial charge in [0.2, 0.25) is 0 Å². The van der Waals surface area contributed by atoms with Gasteiger partial charge in [-0.05, 0) is 24.1 Å². The first-order valence-corrected chi connectivity index (χ1v) is 5.72. The van der Waals surface area contributed by atoms with Gasteiger partial charge in [0.25, 0.3) is 0 Å². The minimum absolute atomic E-state index is 0.0448. The summed E-state index contributed by atoms with van der Waals surface area (Å²) in [5.74, 6) is -0.471. The molecule has 0 N–H and O–H groups in total. The van der Waals surface area contributed by atoms with Crippen LogP contribution in [0.2, 0.25) is 0 Å². The molecule has 1 aromatic rings. The number of aryl methyl sites for hydroxylation is 1. The molecule has 0 amide bonds. The number of esters is 1. The van der Waals surface area contributed by atoms with E-state index in [0.29, 0.717) is 11.1 Å². The number of carbonyl (C=O) groups is 1. The van der Waals surface area contributed by atoms with Crippen molar-refractivity contribution in [1.82, 2.24) is 0 Å². The number of ether oxygens (including phenoxy) is 2. The SMILES string of the molecule is COC(=O)Cc1c(OC(F)F)ccc(C)c1CCl. The van der Waals surface area contributed by atoms with Gasteiger partial charge in [0.05, 0.1) is 13.5 Å². The number of carbonyl (C=O) groups excluding carboxylic acids is 1. The van der Waals surface area contributed by atoms with E-state index in [1.807, 2.05) is 0 Å². The van der Waals surface area contributed by atoms with Crippen LogP contribution in [0, 0.1) is 6.92 Å². The van der Waals surface area contributed by atoms with Gasteiger partial charge in [0.1, 0.15) is 5.75 Å². The minimum atomic E-state index is -2.95. The van der Waals surface area contributed by atoms with Crippen LogP contribution in [0.5, 0.6) is 5.75 Å². The van der Waals surface area contributed by atoms with Gasteiger partial charge < -0.3 is 9.47 Å². The molecule has 0 aliphatic carbocycles. The van der Waals surface area contributed by atoms with E-state index in [-0.39, 0.29) is 18.1 Å². The van der Waals surface area contributed by atoms with Crippen LogP contribution in [0.4, 0.5) is 8.78 Å². The molecule has 0 bridgehead atoms. The Morgan fingerprint density at radius 2 is 2.06 bits per heavy atom. The average Bonchev–Trinajstić information content (AvgIpc) is 2.32. The van der Waals surface area contributed by atoms with Crippen LogP contribution in [-0.4, -0.2) is 19.7 Å². The van der Waals surface area contributed by atoms with Crippen molar-refractivity contribution in [2.24, 2.45) is 0 Å². The molecule has 0 spiro atoms. The predicted octanol–water partition coefficient (Wildman–Crippen LogP) is 3.05. The molecule has 3 nitrogen and oxygen atoms in total. The maximum Gasteiger partial charge on any atom is 0.387 e. The van der Waals surface area contributed by atoms with Crippen molar-refractivity contribution >= 4 is 17.6 Å². The molecule has 0 aliphatic heterocycles. The third kappa shape index (κ3) is 3.57. The van der Waals surface area contributed by atoms with Crippen molar-refractivity contribution in [2.45, 2.75) is 25.8 Å². The Labute approximate surface area is 109 Å². The standard InChI is InChI=1S/C12H13ClF2O3/c1-7-3-4-10(18-12(14)15)8(9(7)6-13)5-11(16)17-2/h3-4,12H,5-6H2,1-2H3. The van der Waals surface area contributed by atoms with Crippen LogP contribution in [0.25, 0.3) is 0 Å². The van der Waals surface area contributed by atoms with E-state index in [4.69, 9.17) is 11.6 Å². The van der Waals surface area contributed by atoms with E-state index < -0.39 is 12.6 Å². The summed E-state index contributed by atoms with van der Waals surface area (Å²) in [6, 6.07) is 3.02. The zero-order chi connectivity index (χ0) is 13.7. The van der Waals surface area contributed by atoms with Crippen LogP contribution in [0.1, 0.15) is 16.7 Å². The van der Waals surface area contributed by atoms with Crippen LogP contribution < -0.4 is 4.74 Å². The summed E-state index contributed by atoms with van der Waals surface area (Å²) >= 11 is 5.78. The summed E-state index contributed by atoms with van der Waals surface area (Å²) in [4.78, 5) is 11.3. The lowest BCUT2D eigenvalue weighted by atomic mass is 9.99. The maximum atomic E-state index is 12.3. The first-order chi connectivity index (χ1) is 8.49. The van der Waals surface area contributed by atoms with Gasteiger partial charge >= 0.3 is 12.6 Å². The van der Waals surface area contributed by atoms with Crippen molar-refractivity contribution in [3.8, 4) is 5.75 Å². The molecule has 0 atom stereocenters. The van der Waals surface area contributed by atoms with Crippen LogP contribution in [0.15, 0.2) is 12.1 Å². The summed E-state index contributed by atoms with van der Waals surface area (Å²) in [6.45, 7) is -1.17. The molecule has 0 saturated carbocycles. The Kier molecular flexibility index (Phi) is 5.34. The van der Waals surface area contributed by atoms with Gasteiger partial charge in [-0.3, -0.25) is 4.79 Å². The Morgan fingerprint density at radius 3 is 2.56 bits per heavy atom. The molecule has 0 aromatic heterocycles. The summed E-state index contributed by atoms with van der Waals surface area (Å²) in [5.41, 5.74) is 1.77. The molecular weight excluding hydrogens is 266 g/mol. The fourth-order valence-electron chi connectivity index (χ4n) is 1.59. The molecular formula is C12H13ClF2O3. The van der Waals surface area contributed by atoms with E-state index in [9.17, 15) is 13.6 Å². The van der Waals surface area contributed by atoms with Gasteiger partial charge in [-0.25, -0.2) is 0 Å². The lowest BCUT2D eigenvalue weighted by Gasteiger charge is -2.15. The fourth-order valence-corrected chi connectivity index (χ4v) is 1.96. The third-order valence-electron chi connectivity index (χ3n) is 2.52. The zero-order valence-corrected chi connectivity index (χ0v) is 10.8. The summed E-state index contributed by atoms with van der Waals surface area (Å²) < 4.78 is 33.5. The van der Waals surface area contributed by atoms with Gasteiger partial charge in [-0.15, -0.1) is 11.6 Å². The number of hydrogen-bond acceptors (Lipinski definition) is 3. The second kappa shape index (κ2) is 6.54. The van der Waals surface area contributed by atoms with E-state index in [1.54, 1.807) is 13.0 Å². The molecule has 0 saturated heterocycles.